The van der Waals surface area contributed by atoms with Crippen LogP contribution >= 0.6 is 0 Å². The molecule has 4 atom stereocenters. The summed E-state index contributed by atoms with van der Waals surface area (Å²) in [4.78, 5) is 0. The highest BCUT2D eigenvalue weighted by molar-refractivity contribution is 5.34. The van der Waals surface area contributed by atoms with Crippen LogP contribution in [0.1, 0.15) is 40.0 Å². The molecule has 0 spiro atoms. The Morgan fingerprint density at radius 2 is 2.18 bits per heavy atom. The molecule has 2 heteroatoms. The molecule has 0 unspecified atom stereocenters. The van der Waals surface area contributed by atoms with Crippen LogP contribution in [0, 0.1) is 17.3 Å². The van der Waals surface area contributed by atoms with E-state index in [0.29, 0.717) is 12.3 Å². The third-order valence-electron chi connectivity index (χ3n) is 4.63. The Morgan fingerprint density at radius 3 is 2.76 bits per heavy atom. The summed E-state index contributed by atoms with van der Waals surface area (Å²) in [6, 6.07) is 0. The number of fused-ring (bicyclic) bond motifs is 1. The predicted molar refractivity (Wildman–Crippen MR) is 69.5 cm³/mol. The van der Waals surface area contributed by atoms with E-state index in [-0.39, 0.29) is 17.4 Å². The highest BCUT2D eigenvalue weighted by atomic mass is 16.3. The summed E-state index contributed by atoms with van der Waals surface area (Å²) < 4.78 is 0. The van der Waals surface area contributed by atoms with Crippen LogP contribution in [0.15, 0.2) is 24.3 Å². The van der Waals surface area contributed by atoms with E-state index in [2.05, 4.69) is 19.6 Å². The Hall–Kier alpha value is -0.600. The number of aliphatic hydroxyl groups is 2. The van der Waals surface area contributed by atoms with E-state index in [1.807, 2.05) is 13.8 Å². The van der Waals surface area contributed by atoms with Crippen molar-refractivity contribution >= 4 is 0 Å². The third kappa shape index (κ3) is 1.88. The van der Waals surface area contributed by atoms with E-state index in [1.54, 1.807) is 6.08 Å². The van der Waals surface area contributed by atoms with Gasteiger partial charge in [-0.25, -0.2) is 0 Å². The van der Waals surface area contributed by atoms with Gasteiger partial charge in [0.15, 0.2) is 0 Å². The third-order valence-corrected chi connectivity index (χ3v) is 4.63. The molecule has 0 aromatic carbocycles. The van der Waals surface area contributed by atoms with Crippen molar-refractivity contribution < 1.29 is 10.2 Å². The van der Waals surface area contributed by atoms with Crippen molar-refractivity contribution in [3.8, 4) is 0 Å². The zero-order valence-electron chi connectivity index (χ0n) is 11.1. The van der Waals surface area contributed by atoms with Gasteiger partial charge in [-0.15, -0.1) is 6.58 Å². The largest absolute Gasteiger partial charge is 0.392 e. The molecule has 17 heavy (non-hydrogen) atoms. The Morgan fingerprint density at radius 1 is 1.53 bits per heavy atom. The summed E-state index contributed by atoms with van der Waals surface area (Å²) in [7, 11) is 0. The van der Waals surface area contributed by atoms with Gasteiger partial charge in [0.2, 0.25) is 0 Å². The van der Waals surface area contributed by atoms with Gasteiger partial charge in [-0.05, 0) is 30.8 Å². The molecule has 2 N–H and O–H groups in total. The number of hydrogen-bond acceptors (Lipinski definition) is 2. The van der Waals surface area contributed by atoms with Crippen LogP contribution in [0.4, 0.5) is 0 Å². The van der Waals surface area contributed by atoms with Crippen LogP contribution in [-0.2, 0) is 0 Å². The highest BCUT2D eigenvalue weighted by Crippen LogP contribution is 2.53. The summed E-state index contributed by atoms with van der Waals surface area (Å²) in [5, 5.41) is 21.2. The minimum Gasteiger partial charge on any atom is -0.392 e. The van der Waals surface area contributed by atoms with Crippen molar-refractivity contribution in [2.45, 2.75) is 51.7 Å². The van der Waals surface area contributed by atoms with Crippen LogP contribution in [0.5, 0.6) is 0 Å². The minimum absolute atomic E-state index is 0.115. The average Bonchev–Trinajstić information content (AvgIpc) is 2.48. The van der Waals surface area contributed by atoms with Crippen LogP contribution in [0.25, 0.3) is 0 Å². The first-order valence-corrected chi connectivity index (χ1v) is 6.56. The van der Waals surface area contributed by atoms with Gasteiger partial charge in [0.1, 0.15) is 0 Å². The van der Waals surface area contributed by atoms with Crippen LogP contribution in [-0.4, -0.2) is 21.9 Å². The summed E-state index contributed by atoms with van der Waals surface area (Å²) in [6.07, 6.45) is 5.85. The number of rotatable bonds is 2. The first-order valence-electron chi connectivity index (χ1n) is 6.56. The van der Waals surface area contributed by atoms with Crippen molar-refractivity contribution in [3.63, 3.8) is 0 Å². The first kappa shape index (κ1) is 12.8. The molecule has 2 aliphatic rings. The van der Waals surface area contributed by atoms with E-state index in [0.717, 1.165) is 18.4 Å². The van der Waals surface area contributed by atoms with Crippen LogP contribution in [0.3, 0.4) is 0 Å². The maximum Gasteiger partial charge on any atom is 0.0895 e. The molecular formula is C15H24O2. The zero-order valence-corrected chi connectivity index (χ0v) is 11.1. The summed E-state index contributed by atoms with van der Waals surface area (Å²) in [5.41, 5.74) is 0.0511. The van der Waals surface area contributed by atoms with Crippen molar-refractivity contribution in [3.05, 3.63) is 24.3 Å². The van der Waals surface area contributed by atoms with Gasteiger partial charge in [0, 0.05) is 11.3 Å². The molecule has 0 saturated heterocycles. The van der Waals surface area contributed by atoms with E-state index in [1.165, 1.54) is 0 Å². The molecule has 0 heterocycles. The maximum absolute atomic E-state index is 10.8. The van der Waals surface area contributed by atoms with E-state index < -0.39 is 5.60 Å². The van der Waals surface area contributed by atoms with Crippen LogP contribution < -0.4 is 0 Å². The monoisotopic (exact) mass is 236 g/mol. The fourth-order valence-corrected chi connectivity index (χ4v) is 3.53. The standard InChI is InChI=1S/C15H24O2/c1-5-7-15(17)8-6-10(2)12-11(15)9-14(3,4)13(12)16/h5,9-10,12-13,16-17H,1,6-8H2,2-4H3/t10-,12+,13+,15-/m1/s1. The quantitative estimate of drug-likeness (QED) is 0.724. The molecule has 0 radical (unpaired) electrons. The summed E-state index contributed by atoms with van der Waals surface area (Å²) in [5.74, 6) is 0.562. The lowest BCUT2D eigenvalue weighted by atomic mass is 9.67. The molecule has 1 fully saturated rings. The molecule has 0 aromatic heterocycles. The first-order chi connectivity index (χ1) is 7.82. The minimum atomic E-state index is -0.770. The average molecular weight is 236 g/mol. The topological polar surface area (TPSA) is 40.5 Å². The van der Waals surface area contributed by atoms with E-state index >= 15 is 0 Å². The summed E-state index contributed by atoms with van der Waals surface area (Å²) >= 11 is 0. The lowest BCUT2D eigenvalue weighted by Gasteiger charge is -2.42. The van der Waals surface area contributed by atoms with Gasteiger partial charge in [0.05, 0.1) is 11.7 Å². The van der Waals surface area contributed by atoms with Gasteiger partial charge >= 0.3 is 0 Å². The molecule has 2 aliphatic carbocycles. The molecule has 0 amide bonds. The molecule has 2 rings (SSSR count). The Kier molecular flexibility index (Phi) is 2.99. The number of hydrogen-bond donors (Lipinski definition) is 2. The Bertz CT molecular complexity index is 356. The van der Waals surface area contributed by atoms with Crippen molar-refractivity contribution in [2.75, 3.05) is 0 Å². The van der Waals surface area contributed by atoms with Crippen molar-refractivity contribution in [2.24, 2.45) is 17.3 Å². The van der Waals surface area contributed by atoms with Crippen molar-refractivity contribution in [1.29, 1.82) is 0 Å². The van der Waals surface area contributed by atoms with E-state index in [4.69, 9.17) is 0 Å². The number of aliphatic hydroxyl groups excluding tert-OH is 1. The molecule has 0 bridgehead atoms. The lowest BCUT2D eigenvalue weighted by molar-refractivity contribution is -0.0172. The molecule has 1 saturated carbocycles. The predicted octanol–water partition coefficient (Wildman–Crippen LogP) is 2.67. The zero-order chi connectivity index (χ0) is 12.8. The van der Waals surface area contributed by atoms with Gasteiger partial charge in [0.25, 0.3) is 0 Å². The maximum atomic E-state index is 10.8. The lowest BCUT2D eigenvalue weighted by Crippen LogP contribution is -2.43. The van der Waals surface area contributed by atoms with Gasteiger partial charge in [-0.2, -0.15) is 0 Å². The van der Waals surface area contributed by atoms with E-state index in [9.17, 15) is 10.2 Å². The molecule has 2 nitrogen and oxygen atoms in total. The smallest absolute Gasteiger partial charge is 0.0895 e. The van der Waals surface area contributed by atoms with Crippen LogP contribution in [0.2, 0.25) is 0 Å². The van der Waals surface area contributed by atoms with Gasteiger partial charge in [-0.3, -0.25) is 0 Å². The second-order valence-corrected chi connectivity index (χ2v) is 6.43. The molecule has 96 valence electrons. The molecular weight excluding hydrogens is 212 g/mol. The fourth-order valence-electron chi connectivity index (χ4n) is 3.53. The SMILES string of the molecule is C=CC[C@@]1(O)CC[C@@H](C)[C@H]2C1=CC(C)(C)[C@H]2O. The van der Waals surface area contributed by atoms with Gasteiger partial charge < -0.3 is 10.2 Å². The fraction of sp³-hybridized carbons (Fsp3) is 0.733. The second-order valence-electron chi connectivity index (χ2n) is 6.43. The Labute approximate surface area is 104 Å². The normalized spacial score (nSPS) is 44.1. The highest BCUT2D eigenvalue weighted by Gasteiger charge is 2.52. The second kappa shape index (κ2) is 3.96. The molecule has 0 aromatic rings. The molecule has 0 aliphatic heterocycles. The van der Waals surface area contributed by atoms with Crippen molar-refractivity contribution in [1.82, 2.24) is 0 Å². The van der Waals surface area contributed by atoms with Gasteiger partial charge in [-0.1, -0.05) is 32.9 Å². The Balaban J connectivity index is 2.41. The summed E-state index contributed by atoms with van der Waals surface area (Å²) in [6.45, 7) is 10.0.